The largest absolute Gasteiger partial charge is 0.378 e. The number of morpholine rings is 1. The van der Waals surface area contributed by atoms with E-state index in [1.807, 2.05) is 12.1 Å². The Bertz CT molecular complexity index is 431. The van der Waals surface area contributed by atoms with Crippen molar-refractivity contribution in [2.75, 3.05) is 44.8 Å². The van der Waals surface area contributed by atoms with E-state index in [0.717, 1.165) is 32.0 Å². The van der Waals surface area contributed by atoms with Gasteiger partial charge in [-0.05, 0) is 25.2 Å². The minimum atomic E-state index is 0.0490. The van der Waals surface area contributed by atoms with Crippen LogP contribution in [0.4, 0.5) is 5.69 Å². The van der Waals surface area contributed by atoms with Gasteiger partial charge in [-0.3, -0.25) is 4.79 Å². The number of hydrogen-bond donors (Lipinski definition) is 1. The Morgan fingerprint density at radius 2 is 2.17 bits per heavy atom. The number of benzene rings is 1. The molecule has 0 saturated carbocycles. The highest BCUT2D eigenvalue weighted by molar-refractivity contribution is 6.33. The summed E-state index contributed by atoms with van der Waals surface area (Å²) in [6, 6.07) is 5.49. The number of rotatable bonds is 4. The predicted octanol–water partition coefficient (Wildman–Crippen LogP) is 1.58. The van der Waals surface area contributed by atoms with Crippen LogP contribution in [-0.2, 0) is 4.74 Å². The summed E-state index contributed by atoms with van der Waals surface area (Å²) in [5.41, 5.74) is 1.62. The number of hydrogen-bond acceptors (Lipinski definition) is 4. The second-order valence-electron chi connectivity index (χ2n) is 4.22. The summed E-state index contributed by atoms with van der Waals surface area (Å²) in [5.74, 6) is 0.0490. The van der Waals surface area contributed by atoms with Crippen molar-refractivity contribution in [3.05, 3.63) is 28.8 Å². The average molecular weight is 269 g/mol. The monoisotopic (exact) mass is 268 g/mol. The maximum atomic E-state index is 11.7. The summed E-state index contributed by atoms with van der Waals surface area (Å²) in [6.07, 6.45) is 0. The number of Topliss-reactive ketones (excluding diaryl/α,β-unsaturated/α-hetero) is 1. The van der Waals surface area contributed by atoms with Crippen molar-refractivity contribution in [3.63, 3.8) is 0 Å². The fourth-order valence-electron chi connectivity index (χ4n) is 2.00. The van der Waals surface area contributed by atoms with Crippen LogP contribution in [0.3, 0.4) is 0 Å². The van der Waals surface area contributed by atoms with E-state index in [4.69, 9.17) is 16.3 Å². The molecule has 2 rings (SSSR count). The van der Waals surface area contributed by atoms with Gasteiger partial charge in [0.15, 0.2) is 5.78 Å². The molecule has 0 aliphatic carbocycles. The van der Waals surface area contributed by atoms with Crippen molar-refractivity contribution in [3.8, 4) is 0 Å². The molecule has 0 amide bonds. The molecule has 0 atom stereocenters. The average Bonchev–Trinajstić information content (AvgIpc) is 2.40. The Hall–Kier alpha value is -1.10. The van der Waals surface area contributed by atoms with Crippen LogP contribution in [0.25, 0.3) is 0 Å². The molecule has 0 unspecified atom stereocenters. The summed E-state index contributed by atoms with van der Waals surface area (Å²) >= 11 is 6.25. The Morgan fingerprint density at radius 1 is 1.44 bits per heavy atom. The van der Waals surface area contributed by atoms with E-state index in [1.165, 1.54) is 0 Å². The maximum absolute atomic E-state index is 11.7. The molecule has 4 nitrogen and oxygen atoms in total. The van der Waals surface area contributed by atoms with E-state index in [2.05, 4.69) is 10.2 Å². The van der Waals surface area contributed by atoms with E-state index in [0.29, 0.717) is 17.1 Å². The summed E-state index contributed by atoms with van der Waals surface area (Å²) < 4.78 is 5.31. The Kier molecular flexibility index (Phi) is 4.58. The Morgan fingerprint density at radius 3 is 2.78 bits per heavy atom. The van der Waals surface area contributed by atoms with Crippen LogP contribution >= 0.6 is 11.6 Å². The first kappa shape index (κ1) is 13.3. The van der Waals surface area contributed by atoms with Crippen LogP contribution in [0.15, 0.2) is 18.2 Å². The predicted molar refractivity (Wildman–Crippen MR) is 72.7 cm³/mol. The highest BCUT2D eigenvalue weighted by Crippen LogP contribution is 2.27. The number of carbonyl (C=O) groups is 1. The molecule has 1 saturated heterocycles. The summed E-state index contributed by atoms with van der Waals surface area (Å²) in [7, 11) is 1.75. The van der Waals surface area contributed by atoms with Crippen molar-refractivity contribution in [2.45, 2.75) is 0 Å². The minimum absolute atomic E-state index is 0.0490. The molecule has 1 aromatic carbocycles. The van der Waals surface area contributed by atoms with E-state index in [9.17, 15) is 4.79 Å². The number of nitrogens with one attached hydrogen (secondary N) is 1. The van der Waals surface area contributed by atoms with Crippen LogP contribution in [0.1, 0.15) is 10.4 Å². The van der Waals surface area contributed by atoms with Crippen LogP contribution < -0.4 is 10.2 Å². The second-order valence-corrected chi connectivity index (χ2v) is 4.63. The SMILES string of the molecule is CNCC(=O)c1ccc(N2CCOCC2)c(Cl)c1. The molecule has 5 heteroatoms. The normalized spacial score (nSPS) is 15.8. The van der Waals surface area contributed by atoms with Gasteiger partial charge in [-0.15, -0.1) is 0 Å². The van der Waals surface area contributed by atoms with Crippen molar-refractivity contribution in [2.24, 2.45) is 0 Å². The van der Waals surface area contributed by atoms with Gasteiger partial charge in [-0.25, -0.2) is 0 Å². The van der Waals surface area contributed by atoms with Crippen molar-refractivity contribution in [1.82, 2.24) is 5.32 Å². The fraction of sp³-hybridized carbons (Fsp3) is 0.462. The number of anilines is 1. The maximum Gasteiger partial charge on any atom is 0.176 e. The molecule has 1 N–H and O–H groups in total. The van der Waals surface area contributed by atoms with Crippen LogP contribution in [0.5, 0.6) is 0 Å². The minimum Gasteiger partial charge on any atom is -0.378 e. The van der Waals surface area contributed by atoms with Gasteiger partial charge < -0.3 is 15.0 Å². The molecule has 1 heterocycles. The molecule has 1 fully saturated rings. The summed E-state index contributed by atoms with van der Waals surface area (Å²) in [4.78, 5) is 13.9. The Labute approximate surface area is 112 Å². The molecule has 0 aromatic heterocycles. The summed E-state index contributed by atoms with van der Waals surface area (Å²) in [5, 5.41) is 3.47. The third-order valence-corrected chi connectivity index (χ3v) is 3.26. The van der Waals surface area contributed by atoms with E-state index >= 15 is 0 Å². The number of likely N-dealkylation sites (N-methyl/N-ethyl adjacent to an activating group) is 1. The molecule has 0 spiro atoms. The first-order valence-electron chi connectivity index (χ1n) is 6.02. The number of halogens is 1. The van der Waals surface area contributed by atoms with Crippen molar-refractivity contribution >= 4 is 23.1 Å². The summed E-state index contributed by atoms with van der Waals surface area (Å²) in [6.45, 7) is 3.44. The molecular weight excluding hydrogens is 252 g/mol. The van der Waals surface area contributed by atoms with E-state index in [1.54, 1.807) is 13.1 Å². The van der Waals surface area contributed by atoms with Crippen molar-refractivity contribution < 1.29 is 9.53 Å². The van der Waals surface area contributed by atoms with Gasteiger partial charge in [0.2, 0.25) is 0 Å². The third-order valence-electron chi connectivity index (χ3n) is 2.96. The van der Waals surface area contributed by atoms with Gasteiger partial charge in [-0.1, -0.05) is 11.6 Å². The Balaban J connectivity index is 2.16. The lowest BCUT2D eigenvalue weighted by molar-refractivity contribution is 0.0993. The lowest BCUT2D eigenvalue weighted by Crippen LogP contribution is -2.36. The molecule has 1 aliphatic heterocycles. The van der Waals surface area contributed by atoms with E-state index in [-0.39, 0.29) is 5.78 Å². The zero-order chi connectivity index (χ0) is 13.0. The standard InChI is InChI=1S/C13H17ClN2O2/c1-15-9-13(17)10-2-3-12(11(14)8-10)16-4-6-18-7-5-16/h2-3,8,15H,4-7,9H2,1H3. The molecule has 0 bridgehead atoms. The number of carbonyl (C=O) groups excluding carboxylic acids is 1. The topological polar surface area (TPSA) is 41.6 Å². The zero-order valence-corrected chi connectivity index (χ0v) is 11.2. The van der Waals surface area contributed by atoms with Crippen LogP contribution in [0, 0.1) is 0 Å². The smallest absolute Gasteiger partial charge is 0.176 e. The number of ether oxygens (including phenoxy) is 1. The quantitative estimate of drug-likeness (QED) is 0.842. The molecule has 1 aliphatic rings. The van der Waals surface area contributed by atoms with Gasteiger partial charge in [0.1, 0.15) is 0 Å². The molecular formula is C13H17ClN2O2. The molecule has 0 radical (unpaired) electrons. The molecule has 1 aromatic rings. The highest BCUT2D eigenvalue weighted by atomic mass is 35.5. The lowest BCUT2D eigenvalue weighted by atomic mass is 10.1. The third kappa shape index (κ3) is 3.02. The number of nitrogens with zero attached hydrogens (tertiary/aromatic N) is 1. The van der Waals surface area contributed by atoms with Gasteiger partial charge in [0.25, 0.3) is 0 Å². The molecule has 98 valence electrons. The number of ketones is 1. The van der Waals surface area contributed by atoms with Gasteiger partial charge in [0.05, 0.1) is 30.5 Å². The zero-order valence-electron chi connectivity index (χ0n) is 10.4. The lowest BCUT2D eigenvalue weighted by Gasteiger charge is -2.29. The van der Waals surface area contributed by atoms with Crippen LogP contribution in [-0.4, -0.2) is 45.7 Å². The molecule has 18 heavy (non-hydrogen) atoms. The van der Waals surface area contributed by atoms with E-state index < -0.39 is 0 Å². The van der Waals surface area contributed by atoms with Gasteiger partial charge >= 0.3 is 0 Å². The van der Waals surface area contributed by atoms with Gasteiger partial charge in [0, 0.05) is 18.7 Å². The highest BCUT2D eigenvalue weighted by Gasteiger charge is 2.15. The first-order chi connectivity index (χ1) is 8.72. The van der Waals surface area contributed by atoms with Crippen LogP contribution in [0.2, 0.25) is 5.02 Å². The first-order valence-corrected chi connectivity index (χ1v) is 6.40. The van der Waals surface area contributed by atoms with Gasteiger partial charge in [-0.2, -0.15) is 0 Å². The second kappa shape index (κ2) is 6.18. The van der Waals surface area contributed by atoms with Crippen molar-refractivity contribution in [1.29, 1.82) is 0 Å². The fourth-order valence-corrected chi connectivity index (χ4v) is 2.30.